The molecular formula is C10H15NO. The molecule has 0 saturated carbocycles. The second-order valence-corrected chi connectivity index (χ2v) is 2.86. The predicted molar refractivity (Wildman–Crippen MR) is 50.2 cm³/mol. The Morgan fingerprint density at radius 1 is 1.42 bits per heavy atom. The van der Waals surface area contributed by atoms with Crippen LogP contribution in [0, 0.1) is 6.92 Å². The molecule has 0 saturated heterocycles. The van der Waals surface area contributed by atoms with Crippen LogP contribution in [0.3, 0.4) is 0 Å². The smallest absolute Gasteiger partial charge is 0.122 e. The molecule has 0 bridgehead atoms. The zero-order chi connectivity index (χ0) is 8.97. The first-order valence-corrected chi connectivity index (χ1v) is 4.24. The second-order valence-electron chi connectivity index (χ2n) is 2.86. The van der Waals surface area contributed by atoms with Gasteiger partial charge in [-0.15, -0.1) is 0 Å². The molecule has 2 N–H and O–H groups in total. The highest BCUT2D eigenvalue weighted by Gasteiger charge is 2.01. The van der Waals surface area contributed by atoms with Crippen molar-refractivity contribution in [3.05, 3.63) is 29.3 Å². The number of nitrogens with one attached hydrogen (secondary N) is 1. The Morgan fingerprint density at radius 2 is 2.17 bits per heavy atom. The summed E-state index contributed by atoms with van der Waals surface area (Å²) >= 11 is 0. The molecule has 12 heavy (non-hydrogen) atoms. The number of benzene rings is 1. The fraction of sp³-hybridized carbons (Fsp3) is 0.400. The Kier molecular flexibility index (Phi) is 3.11. The van der Waals surface area contributed by atoms with E-state index in [1.807, 2.05) is 32.0 Å². The molecule has 0 heterocycles. The molecule has 0 amide bonds. The summed E-state index contributed by atoms with van der Waals surface area (Å²) in [4.78, 5) is 0. The Balaban J connectivity index is 2.78. The first-order valence-electron chi connectivity index (χ1n) is 4.24. The first-order chi connectivity index (χ1) is 5.75. The first kappa shape index (κ1) is 9.07. The van der Waals surface area contributed by atoms with Crippen molar-refractivity contribution in [1.29, 1.82) is 0 Å². The molecule has 2 heteroatoms. The van der Waals surface area contributed by atoms with E-state index in [9.17, 15) is 5.11 Å². The second kappa shape index (κ2) is 4.12. The number of hydrogen-bond acceptors (Lipinski definition) is 2. The van der Waals surface area contributed by atoms with E-state index in [2.05, 4.69) is 5.32 Å². The average Bonchev–Trinajstić information content (AvgIpc) is 2.08. The Bertz CT molecular complexity index is 258. The minimum atomic E-state index is 0.415. The van der Waals surface area contributed by atoms with Crippen LogP contribution in [0.15, 0.2) is 18.2 Å². The van der Waals surface area contributed by atoms with E-state index in [4.69, 9.17) is 0 Å². The number of phenolic OH excluding ortho intramolecular Hbond substituents is 1. The zero-order valence-corrected chi connectivity index (χ0v) is 7.59. The van der Waals surface area contributed by atoms with E-state index in [0.717, 1.165) is 24.2 Å². The molecule has 2 nitrogen and oxygen atoms in total. The molecule has 1 aromatic carbocycles. The van der Waals surface area contributed by atoms with Gasteiger partial charge in [0.25, 0.3) is 0 Å². The van der Waals surface area contributed by atoms with Crippen molar-refractivity contribution in [2.75, 3.05) is 6.54 Å². The van der Waals surface area contributed by atoms with Crippen LogP contribution in [0.2, 0.25) is 0 Å². The Morgan fingerprint density at radius 3 is 2.83 bits per heavy atom. The van der Waals surface area contributed by atoms with Gasteiger partial charge in [0.05, 0.1) is 0 Å². The summed E-state index contributed by atoms with van der Waals surface area (Å²) < 4.78 is 0. The normalized spacial score (nSPS) is 10.2. The highest BCUT2D eigenvalue weighted by atomic mass is 16.3. The molecular weight excluding hydrogens is 150 g/mol. The van der Waals surface area contributed by atoms with Gasteiger partial charge in [-0.2, -0.15) is 0 Å². The molecule has 66 valence electrons. The van der Waals surface area contributed by atoms with Gasteiger partial charge in [0, 0.05) is 12.1 Å². The molecule has 1 rings (SSSR count). The van der Waals surface area contributed by atoms with E-state index < -0.39 is 0 Å². The highest BCUT2D eigenvalue weighted by molar-refractivity contribution is 5.39. The van der Waals surface area contributed by atoms with Crippen LogP contribution in [0.1, 0.15) is 18.1 Å². The van der Waals surface area contributed by atoms with Crippen LogP contribution in [0.5, 0.6) is 5.75 Å². The molecule has 0 aliphatic heterocycles. The van der Waals surface area contributed by atoms with Crippen molar-refractivity contribution in [2.24, 2.45) is 0 Å². The molecule has 0 fully saturated rings. The fourth-order valence-electron chi connectivity index (χ4n) is 1.12. The average molecular weight is 165 g/mol. The third-order valence-corrected chi connectivity index (χ3v) is 1.89. The maximum absolute atomic E-state index is 9.58. The number of para-hydroxylation sites is 1. The molecule has 0 unspecified atom stereocenters. The lowest BCUT2D eigenvalue weighted by molar-refractivity contribution is 0.461. The molecule has 0 aliphatic rings. The Labute approximate surface area is 73.2 Å². The van der Waals surface area contributed by atoms with Gasteiger partial charge in [-0.25, -0.2) is 0 Å². The molecule has 0 spiro atoms. The van der Waals surface area contributed by atoms with Gasteiger partial charge in [0.15, 0.2) is 0 Å². The van der Waals surface area contributed by atoms with Crippen molar-refractivity contribution in [1.82, 2.24) is 5.32 Å². The van der Waals surface area contributed by atoms with Gasteiger partial charge in [-0.3, -0.25) is 0 Å². The molecule has 0 atom stereocenters. The number of rotatable bonds is 3. The molecule has 0 aromatic heterocycles. The summed E-state index contributed by atoms with van der Waals surface area (Å²) in [6.45, 7) is 5.62. The highest BCUT2D eigenvalue weighted by Crippen LogP contribution is 2.20. The van der Waals surface area contributed by atoms with Crippen LogP contribution in [0.4, 0.5) is 0 Å². The van der Waals surface area contributed by atoms with Gasteiger partial charge >= 0.3 is 0 Å². The van der Waals surface area contributed by atoms with Crippen LogP contribution < -0.4 is 5.32 Å². The maximum Gasteiger partial charge on any atom is 0.122 e. The predicted octanol–water partition coefficient (Wildman–Crippen LogP) is 1.81. The van der Waals surface area contributed by atoms with Crippen molar-refractivity contribution in [3.8, 4) is 5.75 Å². The lowest BCUT2D eigenvalue weighted by atomic mass is 10.1. The Hall–Kier alpha value is -1.02. The fourth-order valence-corrected chi connectivity index (χ4v) is 1.12. The van der Waals surface area contributed by atoms with Crippen LogP contribution >= 0.6 is 0 Å². The van der Waals surface area contributed by atoms with Gasteiger partial charge in [0.2, 0.25) is 0 Å². The summed E-state index contributed by atoms with van der Waals surface area (Å²) in [5.74, 6) is 0.415. The van der Waals surface area contributed by atoms with E-state index >= 15 is 0 Å². The van der Waals surface area contributed by atoms with E-state index in [0.29, 0.717) is 5.75 Å². The minimum Gasteiger partial charge on any atom is -0.507 e. The maximum atomic E-state index is 9.58. The lowest BCUT2D eigenvalue weighted by Gasteiger charge is -2.06. The molecule has 0 radical (unpaired) electrons. The third-order valence-electron chi connectivity index (χ3n) is 1.89. The standard InChI is InChI=1S/C10H15NO/c1-3-11-7-9-6-4-5-8(2)10(9)12/h4-6,11-12H,3,7H2,1-2H3. The lowest BCUT2D eigenvalue weighted by Crippen LogP contribution is -2.11. The van der Waals surface area contributed by atoms with Crippen LogP contribution in [0.25, 0.3) is 0 Å². The number of phenols is 1. The minimum absolute atomic E-state index is 0.415. The van der Waals surface area contributed by atoms with Crippen LogP contribution in [-0.4, -0.2) is 11.7 Å². The van der Waals surface area contributed by atoms with E-state index in [1.54, 1.807) is 0 Å². The largest absolute Gasteiger partial charge is 0.507 e. The molecule has 0 aliphatic carbocycles. The van der Waals surface area contributed by atoms with Crippen molar-refractivity contribution >= 4 is 0 Å². The van der Waals surface area contributed by atoms with Crippen molar-refractivity contribution in [2.45, 2.75) is 20.4 Å². The summed E-state index contributed by atoms with van der Waals surface area (Å²) in [6, 6.07) is 5.80. The van der Waals surface area contributed by atoms with Gasteiger partial charge in [-0.05, 0) is 19.0 Å². The van der Waals surface area contributed by atoms with E-state index in [1.165, 1.54) is 0 Å². The number of aryl methyl sites for hydroxylation is 1. The van der Waals surface area contributed by atoms with Gasteiger partial charge < -0.3 is 10.4 Å². The number of aromatic hydroxyl groups is 1. The van der Waals surface area contributed by atoms with Gasteiger partial charge in [0.1, 0.15) is 5.75 Å². The topological polar surface area (TPSA) is 32.3 Å². The van der Waals surface area contributed by atoms with Crippen LogP contribution in [-0.2, 0) is 6.54 Å². The third kappa shape index (κ3) is 1.98. The summed E-state index contributed by atoms with van der Waals surface area (Å²) in [6.07, 6.45) is 0. The molecule has 1 aromatic rings. The number of hydrogen-bond donors (Lipinski definition) is 2. The van der Waals surface area contributed by atoms with E-state index in [-0.39, 0.29) is 0 Å². The summed E-state index contributed by atoms with van der Waals surface area (Å²) in [5.41, 5.74) is 1.90. The summed E-state index contributed by atoms with van der Waals surface area (Å²) in [7, 11) is 0. The zero-order valence-electron chi connectivity index (χ0n) is 7.59. The summed E-state index contributed by atoms with van der Waals surface area (Å²) in [5, 5.41) is 12.8. The van der Waals surface area contributed by atoms with Crippen molar-refractivity contribution < 1.29 is 5.11 Å². The van der Waals surface area contributed by atoms with Gasteiger partial charge in [-0.1, -0.05) is 25.1 Å². The SMILES string of the molecule is CCNCc1cccc(C)c1O. The van der Waals surface area contributed by atoms with Crippen molar-refractivity contribution in [3.63, 3.8) is 0 Å². The quantitative estimate of drug-likeness (QED) is 0.716. The monoisotopic (exact) mass is 165 g/mol.